The average molecular weight is 814 g/mol. The lowest BCUT2D eigenvalue weighted by Crippen LogP contribution is -2.45. The van der Waals surface area contributed by atoms with E-state index in [1.165, 1.54) is 135 Å². The van der Waals surface area contributed by atoms with Crippen LogP contribution >= 0.6 is 0 Å². The van der Waals surface area contributed by atoms with Crippen molar-refractivity contribution in [1.82, 2.24) is 5.32 Å². The van der Waals surface area contributed by atoms with Gasteiger partial charge < -0.3 is 20.3 Å². The normalized spacial score (nSPS) is 13.1. The summed E-state index contributed by atoms with van der Waals surface area (Å²) in [5, 5.41) is 23.0. The number of nitrogens with one attached hydrogen (secondary N) is 1. The summed E-state index contributed by atoms with van der Waals surface area (Å²) >= 11 is 0. The fourth-order valence-electron chi connectivity index (χ4n) is 7.17. The lowest BCUT2D eigenvalue weighted by molar-refractivity contribution is -0.143. The van der Waals surface area contributed by atoms with Crippen LogP contribution in [0.3, 0.4) is 0 Å². The third-order valence-corrected chi connectivity index (χ3v) is 11.1. The van der Waals surface area contributed by atoms with E-state index in [9.17, 15) is 19.8 Å². The van der Waals surface area contributed by atoms with Crippen LogP contribution in [0.25, 0.3) is 0 Å². The zero-order valence-electron chi connectivity index (χ0n) is 38.3. The predicted molar refractivity (Wildman–Crippen MR) is 250 cm³/mol. The van der Waals surface area contributed by atoms with Crippen LogP contribution in [0.2, 0.25) is 0 Å². The van der Waals surface area contributed by atoms with Crippen molar-refractivity contribution < 1.29 is 24.5 Å². The Hall–Kier alpha value is -2.18. The Balaban J connectivity index is 3.56. The number of rotatable bonds is 45. The molecule has 3 N–H and O–H groups in total. The van der Waals surface area contributed by atoms with Crippen LogP contribution in [-0.2, 0) is 14.3 Å². The lowest BCUT2D eigenvalue weighted by atomic mass is 10.0. The van der Waals surface area contributed by atoms with E-state index >= 15 is 0 Å². The number of carbonyl (C=O) groups excluding carboxylic acids is 2. The minimum atomic E-state index is -0.855. The molecule has 0 saturated heterocycles. The number of esters is 1. The van der Waals surface area contributed by atoms with Gasteiger partial charge >= 0.3 is 5.97 Å². The highest BCUT2D eigenvalue weighted by Gasteiger charge is 2.18. The third kappa shape index (κ3) is 43.4. The minimum absolute atomic E-state index is 0.0287. The van der Waals surface area contributed by atoms with Crippen LogP contribution in [0.15, 0.2) is 48.6 Å². The van der Waals surface area contributed by atoms with Crippen molar-refractivity contribution in [2.45, 2.75) is 257 Å². The Kier molecular flexibility index (Phi) is 45.7. The Bertz CT molecular complexity index is 988. The highest BCUT2D eigenvalue weighted by atomic mass is 16.5. The molecular weight excluding hydrogens is 719 g/mol. The van der Waals surface area contributed by atoms with E-state index in [0.29, 0.717) is 19.4 Å². The molecule has 0 spiro atoms. The first kappa shape index (κ1) is 55.8. The summed E-state index contributed by atoms with van der Waals surface area (Å²) in [6.45, 7) is 4.80. The number of carbonyl (C=O) groups is 2. The second-order valence-electron chi connectivity index (χ2n) is 16.8. The molecule has 6 nitrogen and oxygen atoms in total. The number of unbranched alkanes of at least 4 members (excludes halogenated alkanes) is 28. The number of ether oxygens (including phenoxy) is 1. The maximum atomic E-state index is 12.4. The highest BCUT2D eigenvalue weighted by molar-refractivity contribution is 5.76. The van der Waals surface area contributed by atoms with E-state index in [0.717, 1.165) is 83.5 Å². The number of hydrogen-bond acceptors (Lipinski definition) is 5. The van der Waals surface area contributed by atoms with Crippen LogP contribution in [0.4, 0.5) is 0 Å². The van der Waals surface area contributed by atoms with Gasteiger partial charge in [-0.3, -0.25) is 9.59 Å². The average Bonchev–Trinajstić information content (AvgIpc) is 3.22. The van der Waals surface area contributed by atoms with Crippen LogP contribution < -0.4 is 5.32 Å². The molecule has 0 aromatic carbocycles. The standard InChI is InChI=1S/C52H95NO5/c1-3-5-7-9-11-13-15-21-25-28-32-36-40-44-50(55)49(48-54)53-51(56)45-41-37-33-29-26-22-19-17-16-18-20-23-27-31-35-39-43-47-58-52(57)46-42-38-34-30-24-14-12-10-8-6-4-2/h10,12,16,18,23,27,40,44,49-50,54-55H,3-9,11,13-15,17,19-22,24-26,28-39,41-43,45-48H2,1-2H3,(H,53,56)/b12-10-,18-16-,27-23-,44-40+. The maximum absolute atomic E-state index is 12.4. The van der Waals surface area contributed by atoms with Crippen LogP contribution in [-0.4, -0.2) is 47.4 Å². The summed E-state index contributed by atoms with van der Waals surface area (Å²) in [6.07, 6.45) is 58.2. The van der Waals surface area contributed by atoms with E-state index in [2.05, 4.69) is 55.6 Å². The molecule has 6 heteroatoms. The van der Waals surface area contributed by atoms with Crippen LogP contribution in [0.5, 0.6) is 0 Å². The molecule has 0 aromatic heterocycles. The summed E-state index contributed by atoms with van der Waals surface area (Å²) in [5.41, 5.74) is 0. The van der Waals surface area contributed by atoms with Gasteiger partial charge in [0.15, 0.2) is 0 Å². The molecule has 0 bridgehead atoms. The molecule has 0 aromatic rings. The first-order chi connectivity index (χ1) is 28.5. The molecule has 0 fully saturated rings. The third-order valence-electron chi connectivity index (χ3n) is 11.1. The second kappa shape index (κ2) is 47.5. The minimum Gasteiger partial charge on any atom is -0.466 e. The van der Waals surface area contributed by atoms with Crippen LogP contribution in [0, 0.1) is 0 Å². The molecule has 0 rings (SSSR count). The van der Waals surface area contributed by atoms with Crippen molar-refractivity contribution in [3.63, 3.8) is 0 Å². The first-order valence-corrected chi connectivity index (χ1v) is 24.9. The van der Waals surface area contributed by atoms with Gasteiger partial charge in [-0.15, -0.1) is 0 Å². The van der Waals surface area contributed by atoms with Crippen molar-refractivity contribution in [3.05, 3.63) is 48.6 Å². The molecule has 0 aliphatic heterocycles. The summed E-state index contributed by atoms with van der Waals surface area (Å²) in [7, 11) is 0. The van der Waals surface area contributed by atoms with Crippen molar-refractivity contribution in [2.24, 2.45) is 0 Å². The maximum Gasteiger partial charge on any atom is 0.305 e. The topological polar surface area (TPSA) is 95.9 Å². The predicted octanol–water partition coefficient (Wildman–Crippen LogP) is 14.7. The number of aliphatic hydroxyl groups excluding tert-OH is 2. The molecule has 0 radical (unpaired) electrons. The van der Waals surface area contributed by atoms with E-state index < -0.39 is 12.1 Å². The molecule has 2 unspecified atom stereocenters. The smallest absolute Gasteiger partial charge is 0.305 e. The van der Waals surface area contributed by atoms with Crippen molar-refractivity contribution in [1.29, 1.82) is 0 Å². The number of amides is 1. The Morgan fingerprint density at radius 1 is 0.483 bits per heavy atom. The zero-order chi connectivity index (χ0) is 42.3. The molecule has 338 valence electrons. The summed E-state index contributed by atoms with van der Waals surface area (Å²) < 4.78 is 5.42. The van der Waals surface area contributed by atoms with Gasteiger partial charge in [-0.25, -0.2) is 0 Å². The summed E-state index contributed by atoms with van der Waals surface area (Å²) in [6, 6.07) is -0.640. The lowest BCUT2D eigenvalue weighted by Gasteiger charge is -2.20. The Morgan fingerprint density at radius 3 is 1.38 bits per heavy atom. The summed E-state index contributed by atoms with van der Waals surface area (Å²) in [4.78, 5) is 24.3. The second-order valence-corrected chi connectivity index (χ2v) is 16.8. The van der Waals surface area contributed by atoms with Crippen molar-refractivity contribution >= 4 is 11.9 Å². The SMILES string of the molecule is CCCC/C=C\CCCCCCCC(=O)OCCCCC/C=C\C/C=C\CCCCCCCCCC(=O)NC(CO)C(O)/C=C/CCCCCCCCCCCCC. The molecule has 0 saturated carbocycles. The molecule has 1 amide bonds. The largest absolute Gasteiger partial charge is 0.466 e. The van der Waals surface area contributed by atoms with Gasteiger partial charge in [-0.05, 0) is 89.9 Å². The molecule has 0 heterocycles. The van der Waals surface area contributed by atoms with Crippen molar-refractivity contribution in [3.8, 4) is 0 Å². The molecule has 0 aliphatic rings. The fraction of sp³-hybridized carbons (Fsp3) is 0.808. The van der Waals surface area contributed by atoms with Crippen molar-refractivity contribution in [2.75, 3.05) is 13.2 Å². The number of hydrogen-bond donors (Lipinski definition) is 3. The molecular formula is C52H95NO5. The zero-order valence-corrected chi connectivity index (χ0v) is 38.3. The first-order valence-electron chi connectivity index (χ1n) is 24.9. The monoisotopic (exact) mass is 814 g/mol. The number of aliphatic hydroxyl groups is 2. The Morgan fingerprint density at radius 2 is 0.879 bits per heavy atom. The van der Waals surface area contributed by atoms with Gasteiger partial charge in [0.1, 0.15) is 0 Å². The highest BCUT2D eigenvalue weighted by Crippen LogP contribution is 2.14. The quantitative estimate of drug-likeness (QED) is 0.0323. The van der Waals surface area contributed by atoms with E-state index in [-0.39, 0.29) is 18.5 Å². The molecule has 0 aliphatic carbocycles. The van der Waals surface area contributed by atoms with Gasteiger partial charge in [0.2, 0.25) is 5.91 Å². The van der Waals surface area contributed by atoms with E-state index in [4.69, 9.17) is 4.74 Å². The van der Waals surface area contributed by atoms with Gasteiger partial charge in [-0.2, -0.15) is 0 Å². The van der Waals surface area contributed by atoms with E-state index in [1.807, 2.05) is 6.08 Å². The van der Waals surface area contributed by atoms with Gasteiger partial charge in [0.05, 0.1) is 25.4 Å². The molecule has 58 heavy (non-hydrogen) atoms. The Labute approximate surface area is 359 Å². The van der Waals surface area contributed by atoms with Crippen LogP contribution in [0.1, 0.15) is 245 Å². The summed E-state index contributed by atoms with van der Waals surface area (Å²) in [5.74, 6) is -0.115. The van der Waals surface area contributed by atoms with E-state index in [1.54, 1.807) is 6.08 Å². The van der Waals surface area contributed by atoms with Gasteiger partial charge in [0, 0.05) is 12.8 Å². The van der Waals surface area contributed by atoms with Gasteiger partial charge in [-0.1, -0.05) is 191 Å². The number of allylic oxidation sites excluding steroid dienone is 7. The fourth-order valence-corrected chi connectivity index (χ4v) is 7.17. The van der Waals surface area contributed by atoms with Gasteiger partial charge in [0.25, 0.3) is 0 Å². The molecule has 2 atom stereocenters.